The molecule has 192 valence electrons. The van der Waals surface area contributed by atoms with Crippen LogP contribution in [0.2, 0.25) is 0 Å². The van der Waals surface area contributed by atoms with Crippen LogP contribution in [0.15, 0.2) is 0 Å². The normalized spacial score (nSPS) is 15.5. The highest BCUT2D eigenvalue weighted by Gasteiger charge is 2.51. The van der Waals surface area contributed by atoms with Gasteiger partial charge in [0.1, 0.15) is 0 Å². The van der Waals surface area contributed by atoms with Gasteiger partial charge in [-0.3, -0.25) is 24.8 Å². The second kappa shape index (κ2) is 17.3. The number of carboxylic acid groups (broad SMARTS) is 2. The summed E-state index contributed by atoms with van der Waals surface area (Å²) < 4.78 is 0. The van der Waals surface area contributed by atoms with Gasteiger partial charge >= 0.3 is 11.9 Å². The maximum Gasteiger partial charge on any atom is 0.331 e. The Labute approximate surface area is 197 Å². The summed E-state index contributed by atoms with van der Waals surface area (Å²) in [5.74, 6) is 7.80. The van der Waals surface area contributed by atoms with Crippen LogP contribution in [0.1, 0.15) is 110 Å². The van der Waals surface area contributed by atoms with Crippen molar-refractivity contribution in [3.63, 3.8) is 0 Å². The lowest BCUT2D eigenvalue weighted by molar-refractivity contribution is -0.167. The monoisotopic (exact) mass is 472 g/mol. The van der Waals surface area contributed by atoms with Crippen molar-refractivity contribution >= 4 is 23.8 Å². The third-order valence-electron chi connectivity index (χ3n) is 6.23. The summed E-state index contributed by atoms with van der Waals surface area (Å²) in [4.78, 5) is 46.1. The molecule has 1 unspecified atom stereocenters. The highest BCUT2D eigenvalue weighted by molar-refractivity contribution is 5.87. The van der Waals surface area contributed by atoms with Crippen molar-refractivity contribution in [3.8, 4) is 0 Å². The van der Waals surface area contributed by atoms with Gasteiger partial charge in [-0.05, 0) is 38.0 Å². The molecular weight excluding hydrogens is 428 g/mol. The molecule has 0 radical (unpaired) electrons. The number of rotatable bonds is 14. The molecule has 0 aliphatic heterocycles. The third kappa shape index (κ3) is 11.0. The summed E-state index contributed by atoms with van der Waals surface area (Å²) in [5, 5.41) is 19.8. The Bertz CT molecular complexity index is 610. The van der Waals surface area contributed by atoms with Crippen molar-refractivity contribution in [2.24, 2.45) is 17.6 Å². The number of carboxylic acids is 2. The summed E-state index contributed by atoms with van der Waals surface area (Å²) in [6.45, 7) is 4.11. The summed E-state index contributed by atoms with van der Waals surface area (Å²) >= 11 is 0. The average molecular weight is 473 g/mol. The van der Waals surface area contributed by atoms with Crippen LogP contribution < -0.4 is 17.1 Å². The molecule has 10 heteroatoms. The standard InChI is InChI=1S/C17H30N2O5.C6H14N2O/c1-2-3-5-10-14(20)19(18)17(16(23)24,12-11-15(21)22)13-8-6-4-7-9-13;1-2-3-4-5-6(9)8-7/h13H,2-12,18H2,1H3,(H,21,22)(H,23,24);2-5,7H2,1H3,(H,8,9). The Kier molecular flexibility index (Phi) is 16.1. The van der Waals surface area contributed by atoms with Crippen LogP contribution in [-0.4, -0.2) is 44.5 Å². The quantitative estimate of drug-likeness (QED) is 0.111. The number of aliphatic carboxylic acids is 2. The van der Waals surface area contributed by atoms with Crippen molar-refractivity contribution in [1.29, 1.82) is 0 Å². The number of nitrogens with zero attached hydrogens (tertiary/aromatic N) is 1. The number of nitrogens with one attached hydrogen (secondary N) is 1. The summed E-state index contributed by atoms with van der Waals surface area (Å²) in [6.07, 6.45) is 10.0. The zero-order valence-electron chi connectivity index (χ0n) is 20.3. The second-order valence-corrected chi connectivity index (χ2v) is 8.70. The molecule has 1 saturated carbocycles. The zero-order valence-corrected chi connectivity index (χ0v) is 20.3. The minimum Gasteiger partial charge on any atom is -0.481 e. The van der Waals surface area contributed by atoms with Gasteiger partial charge in [-0.15, -0.1) is 0 Å². The van der Waals surface area contributed by atoms with Crippen LogP contribution in [0.5, 0.6) is 0 Å². The fourth-order valence-electron chi connectivity index (χ4n) is 4.26. The number of hydrazine groups is 2. The molecule has 0 bridgehead atoms. The number of carbonyl (C=O) groups excluding carboxylic acids is 2. The molecule has 1 aliphatic carbocycles. The van der Waals surface area contributed by atoms with Crippen LogP contribution >= 0.6 is 0 Å². The van der Waals surface area contributed by atoms with Crippen LogP contribution in [0.4, 0.5) is 0 Å². The molecule has 10 nitrogen and oxygen atoms in total. The van der Waals surface area contributed by atoms with E-state index in [0.717, 1.165) is 56.4 Å². The predicted molar refractivity (Wildman–Crippen MR) is 125 cm³/mol. The second-order valence-electron chi connectivity index (χ2n) is 8.70. The summed E-state index contributed by atoms with van der Waals surface area (Å²) in [7, 11) is 0. The molecule has 0 heterocycles. The lowest BCUT2D eigenvalue weighted by Crippen LogP contribution is -2.64. The predicted octanol–water partition coefficient (Wildman–Crippen LogP) is 3.09. The van der Waals surface area contributed by atoms with Crippen molar-refractivity contribution in [2.45, 2.75) is 116 Å². The molecule has 1 fully saturated rings. The van der Waals surface area contributed by atoms with Gasteiger partial charge in [0.2, 0.25) is 11.8 Å². The first kappa shape index (κ1) is 30.8. The van der Waals surface area contributed by atoms with Gasteiger partial charge in [-0.1, -0.05) is 58.8 Å². The van der Waals surface area contributed by atoms with Crippen molar-refractivity contribution < 1.29 is 29.4 Å². The fourth-order valence-corrected chi connectivity index (χ4v) is 4.26. The van der Waals surface area contributed by atoms with E-state index in [9.17, 15) is 24.3 Å². The van der Waals surface area contributed by atoms with E-state index in [1.165, 1.54) is 0 Å². The molecule has 1 rings (SSSR count). The van der Waals surface area contributed by atoms with E-state index in [4.69, 9.17) is 16.8 Å². The molecule has 0 spiro atoms. The topological polar surface area (TPSA) is 176 Å². The van der Waals surface area contributed by atoms with Crippen LogP contribution in [0, 0.1) is 5.92 Å². The molecule has 1 atom stereocenters. The average Bonchev–Trinajstić information content (AvgIpc) is 2.80. The Balaban J connectivity index is 0.000000960. The molecule has 0 aromatic rings. The van der Waals surface area contributed by atoms with Crippen LogP contribution in [-0.2, 0) is 19.2 Å². The van der Waals surface area contributed by atoms with Gasteiger partial charge in [-0.2, -0.15) is 0 Å². The van der Waals surface area contributed by atoms with E-state index in [0.29, 0.717) is 25.7 Å². The molecule has 2 amide bonds. The summed E-state index contributed by atoms with van der Waals surface area (Å²) in [6, 6.07) is 0. The number of hydrogen-bond donors (Lipinski definition) is 5. The first-order valence-corrected chi connectivity index (χ1v) is 12.2. The largest absolute Gasteiger partial charge is 0.481 e. The van der Waals surface area contributed by atoms with E-state index in [1.54, 1.807) is 0 Å². The third-order valence-corrected chi connectivity index (χ3v) is 6.23. The van der Waals surface area contributed by atoms with Crippen molar-refractivity contribution in [1.82, 2.24) is 10.4 Å². The molecule has 33 heavy (non-hydrogen) atoms. The molecule has 0 aromatic heterocycles. The van der Waals surface area contributed by atoms with Crippen molar-refractivity contribution in [3.05, 3.63) is 0 Å². The maximum absolute atomic E-state index is 12.4. The molecular formula is C23H44N4O6. The van der Waals surface area contributed by atoms with Gasteiger partial charge in [0.15, 0.2) is 5.54 Å². The highest BCUT2D eigenvalue weighted by atomic mass is 16.4. The molecule has 0 saturated heterocycles. The van der Waals surface area contributed by atoms with E-state index in [1.807, 2.05) is 6.92 Å². The number of amides is 2. The molecule has 7 N–H and O–H groups in total. The molecule has 0 aromatic carbocycles. The molecule has 1 aliphatic rings. The number of nitrogens with two attached hydrogens (primary N) is 2. The fraction of sp³-hybridized carbons (Fsp3) is 0.826. The lowest BCUT2D eigenvalue weighted by Gasteiger charge is -2.44. The Morgan fingerprint density at radius 1 is 0.909 bits per heavy atom. The SMILES string of the molecule is CCCCCC(=O)N(N)C(CCC(=O)O)(C(=O)O)C1CCCCC1.CCCCCC(=O)NN. The highest BCUT2D eigenvalue weighted by Crippen LogP contribution is 2.39. The van der Waals surface area contributed by atoms with E-state index in [2.05, 4.69) is 12.3 Å². The summed E-state index contributed by atoms with van der Waals surface area (Å²) in [5.41, 5.74) is 0.462. The van der Waals surface area contributed by atoms with Crippen LogP contribution in [0.3, 0.4) is 0 Å². The van der Waals surface area contributed by atoms with Gasteiger partial charge in [0.25, 0.3) is 0 Å². The zero-order chi connectivity index (χ0) is 25.3. The first-order chi connectivity index (χ1) is 15.7. The first-order valence-electron chi connectivity index (χ1n) is 12.2. The Morgan fingerprint density at radius 2 is 1.45 bits per heavy atom. The minimum absolute atomic E-state index is 0.0662. The van der Waals surface area contributed by atoms with Gasteiger partial charge in [0.05, 0.1) is 0 Å². The minimum atomic E-state index is -1.62. The smallest absolute Gasteiger partial charge is 0.331 e. The van der Waals surface area contributed by atoms with Gasteiger partial charge < -0.3 is 10.2 Å². The van der Waals surface area contributed by atoms with E-state index in [-0.39, 0.29) is 31.1 Å². The number of carbonyl (C=O) groups is 4. The van der Waals surface area contributed by atoms with Crippen LogP contribution in [0.25, 0.3) is 0 Å². The van der Waals surface area contributed by atoms with Gasteiger partial charge in [0, 0.05) is 19.3 Å². The van der Waals surface area contributed by atoms with Gasteiger partial charge in [-0.25, -0.2) is 16.5 Å². The van der Waals surface area contributed by atoms with E-state index >= 15 is 0 Å². The number of hydrogen-bond acceptors (Lipinski definition) is 6. The maximum atomic E-state index is 12.4. The van der Waals surface area contributed by atoms with Crippen molar-refractivity contribution in [2.75, 3.05) is 0 Å². The Hall–Kier alpha value is -2.20. The lowest BCUT2D eigenvalue weighted by atomic mass is 9.71. The number of unbranched alkanes of at least 4 members (excludes halogenated alkanes) is 4. The Morgan fingerprint density at radius 3 is 1.91 bits per heavy atom. The van der Waals surface area contributed by atoms with E-state index < -0.39 is 23.4 Å².